The summed E-state index contributed by atoms with van der Waals surface area (Å²) in [7, 11) is 0. The summed E-state index contributed by atoms with van der Waals surface area (Å²) in [5.74, 6) is -4.02. The van der Waals surface area contributed by atoms with Gasteiger partial charge in [-0.1, -0.05) is 53.5 Å². The fourth-order valence-electron chi connectivity index (χ4n) is 4.04. The fourth-order valence-corrected chi connectivity index (χ4v) is 4.39. The van der Waals surface area contributed by atoms with Crippen LogP contribution >= 0.6 is 23.2 Å². The van der Waals surface area contributed by atoms with Gasteiger partial charge in [0.05, 0.1) is 40.7 Å². The molecule has 6 rings (SSSR count). The highest BCUT2D eigenvalue weighted by Gasteiger charge is 2.17. The van der Waals surface area contributed by atoms with Gasteiger partial charge < -0.3 is 10.6 Å². The van der Waals surface area contributed by atoms with Crippen LogP contribution in [0.2, 0.25) is 10.0 Å². The standard InChI is InChI=1S/C16H11ClF2N4O.C15H10ClF2N5O/c17-11-5-3-7-13(14(11)19)21-16(24)15-20-9-23(22-15)8-10-4-1-2-6-12(10)18;16-11-2-1-3-12(13(11)18)21-15(24)14-20-8-23(22-14)7-9-4-10(17)6-19-5-9/h1-7,9H,8H2,(H,21,24);1-6,8H,7H2,(H,21,24). The second-order valence-electron chi connectivity index (χ2n) is 9.75. The molecule has 17 heteroatoms. The van der Waals surface area contributed by atoms with Crippen molar-refractivity contribution < 1.29 is 27.2 Å². The Labute approximate surface area is 279 Å². The number of hydrogen-bond donors (Lipinski definition) is 2. The quantitative estimate of drug-likeness (QED) is 0.176. The zero-order valence-electron chi connectivity index (χ0n) is 24.3. The molecule has 3 heterocycles. The topological polar surface area (TPSA) is 133 Å². The van der Waals surface area contributed by atoms with E-state index in [1.54, 1.807) is 18.2 Å². The van der Waals surface area contributed by atoms with Gasteiger partial charge in [0.2, 0.25) is 11.6 Å². The van der Waals surface area contributed by atoms with Gasteiger partial charge >= 0.3 is 0 Å². The van der Waals surface area contributed by atoms with E-state index in [9.17, 15) is 27.2 Å². The molecule has 3 aromatic carbocycles. The van der Waals surface area contributed by atoms with E-state index in [2.05, 4.69) is 35.8 Å². The predicted octanol–water partition coefficient (Wildman–Crippen LogP) is 6.42. The van der Waals surface area contributed by atoms with Crippen LogP contribution in [0.15, 0.2) is 91.8 Å². The number of carbonyl (C=O) groups is 2. The normalized spacial score (nSPS) is 10.6. The molecule has 2 amide bonds. The number of nitrogens with zero attached hydrogens (tertiary/aromatic N) is 7. The SMILES string of the molecule is O=C(Nc1cccc(Cl)c1F)c1ncn(Cc2ccccc2F)n1.O=C(Nc1cccc(Cl)c1F)c1ncn(Cc2cncc(F)c2)n1. The van der Waals surface area contributed by atoms with Crippen LogP contribution in [0.4, 0.5) is 28.9 Å². The average molecular weight is 698 g/mol. The van der Waals surface area contributed by atoms with E-state index in [0.29, 0.717) is 11.1 Å². The summed E-state index contributed by atoms with van der Waals surface area (Å²) in [5, 5.41) is 12.4. The van der Waals surface area contributed by atoms with Crippen molar-refractivity contribution in [1.29, 1.82) is 0 Å². The van der Waals surface area contributed by atoms with Crippen LogP contribution in [0.1, 0.15) is 32.4 Å². The van der Waals surface area contributed by atoms with E-state index in [1.165, 1.54) is 76.7 Å². The number of aromatic nitrogens is 7. The summed E-state index contributed by atoms with van der Waals surface area (Å²) in [6.07, 6.45) is 5.18. The van der Waals surface area contributed by atoms with Gasteiger partial charge in [0.15, 0.2) is 11.6 Å². The highest BCUT2D eigenvalue weighted by atomic mass is 35.5. The maximum atomic E-state index is 13.8. The van der Waals surface area contributed by atoms with Crippen molar-refractivity contribution in [3.05, 3.63) is 148 Å². The molecule has 0 saturated heterocycles. The van der Waals surface area contributed by atoms with E-state index < -0.39 is 29.3 Å². The van der Waals surface area contributed by atoms with Gasteiger partial charge in [0.25, 0.3) is 11.8 Å². The van der Waals surface area contributed by atoms with Gasteiger partial charge in [0.1, 0.15) is 24.3 Å². The fraction of sp³-hybridized carbons (Fsp3) is 0.0645. The Hall–Kier alpha value is -5.67. The number of anilines is 2. The first-order valence-corrected chi connectivity index (χ1v) is 14.5. The van der Waals surface area contributed by atoms with Crippen molar-refractivity contribution in [2.75, 3.05) is 10.6 Å². The molecule has 244 valence electrons. The molecule has 3 aromatic heterocycles. The Bertz CT molecular complexity index is 2090. The van der Waals surface area contributed by atoms with E-state index >= 15 is 0 Å². The molecule has 0 fully saturated rings. The Balaban J connectivity index is 0.000000188. The molecule has 0 radical (unpaired) electrons. The Kier molecular flexibility index (Phi) is 10.7. The first-order chi connectivity index (χ1) is 23.1. The molecular formula is C31H21Cl2F4N9O2. The number of hydrogen-bond acceptors (Lipinski definition) is 7. The Morgan fingerprint density at radius 1 is 0.688 bits per heavy atom. The maximum Gasteiger partial charge on any atom is 0.295 e. The zero-order valence-corrected chi connectivity index (χ0v) is 25.8. The third kappa shape index (κ3) is 8.57. The van der Waals surface area contributed by atoms with Crippen molar-refractivity contribution in [2.24, 2.45) is 0 Å². The monoisotopic (exact) mass is 697 g/mol. The lowest BCUT2D eigenvalue weighted by Crippen LogP contribution is -2.15. The molecule has 0 aliphatic heterocycles. The molecule has 48 heavy (non-hydrogen) atoms. The molecule has 0 bridgehead atoms. The smallest absolute Gasteiger partial charge is 0.295 e. The van der Waals surface area contributed by atoms with Gasteiger partial charge in [0, 0.05) is 11.8 Å². The van der Waals surface area contributed by atoms with Crippen LogP contribution < -0.4 is 10.6 Å². The Morgan fingerprint density at radius 2 is 1.23 bits per heavy atom. The lowest BCUT2D eigenvalue weighted by molar-refractivity contribution is 0.100. The van der Waals surface area contributed by atoms with E-state index in [-0.39, 0.29) is 52.0 Å². The van der Waals surface area contributed by atoms with Gasteiger partial charge in [-0.05, 0) is 42.0 Å². The number of pyridine rings is 1. The third-order valence-electron chi connectivity index (χ3n) is 6.27. The number of nitrogens with one attached hydrogen (secondary N) is 2. The van der Waals surface area contributed by atoms with Crippen LogP contribution in [-0.2, 0) is 13.1 Å². The van der Waals surface area contributed by atoms with Gasteiger partial charge in [-0.3, -0.25) is 14.6 Å². The molecular weight excluding hydrogens is 677 g/mol. The number of benzene rings is 3. The van der Waals surface area contributed by atoms with E-state index in [4.69, 9.17) is 23.2 Å². The van der Waals surface area contributed by atoms with Crippen molar-refractivity contribution in [1.82, 2.24) is 34.5 Å². The molecule has 0 spiro atoms. The summed E-state index contributed by atoms with van der Waals surface area (Å²) < 4.78 is 56.9. The minimum absolute atomic E-state index is 0.0711. The van der Waals surface area contributed by atoms with Crippen LogP contribution in [0.3, 0.4) is 0 Å². The number of rotatable bonds is 8. The molecule has 6 aromatic rings. The van der Waals surface area contributed by atoms with E-state index in [0.717, 1.165) is 6.20 Å². The summed E-state index contributed by atoms with van der Waals surface area (Å²) in [5.41, 5.74) is 0.833. The largest absolute Gasteiger partial charge is 0.317 e. The van der Waals surface area contributed by atoms with Gasteiger partial charge in [-0.2, -0.15) is 0 Å². The number of amides is 2. The zero-order chi connectivity index (χ0) is 34.2. The molecule has 0 unspecified atom stereocenters. The van der Waals surface area contributed by atoms with Crippen molar-refractivity contribution in [3.63, 3.8) is 0 Å². The molecule has 0 saturated carbocycles. The van der Waals surface area contributed by atoms with Crippen LogP contribution in [0.5, 0.6) is 0 Å². The summed E-state index contributed by atoms with van der Waals surface area (Å²) in [4.78, 5) is 35.6. The minimum Gasteiger partial charge on any atom is -0.317 e. The van der Waals surface area contributed by atoms with E-state index in [1.807, 2.05) is 0 Å². The highest BCUT2D eigenvalue weighted by Crippen LogP contribution is 2.23. The molecule has 2 N–H and O–H groups in total. The predicted molar refractivity (Wildman–Crippen MR) is 168 cm³/mol. The molecule has 0 aliphatic rings. The van der Waals surface area contributed by atoms with Gasteiger partial charge in [-0.15, -0.1) is 10.2 Å². The number of carbonyl (C=O) groups excluding carboxylic acids is 2. The molecule has 0 aliphatic carbocycles. The lowest BCUT2D eigenvalue weighted by Gasteiger charge is -2.05. The second-order valence-corrected chi connectivity index (χ2v) is 10.6. The Morgan fingerprint density at radius 3 is 1.77 bits per heavy atom. The molecule has 0 atom stereocenters. The first-order valence-electron chi connectivity index (χ1n) is 13.7. The van der Waals surface area contributed by atoms with Crippen LogP contribution in [0.25, 0.3) is 0 Å². The summed E-state index contributed by atoms with van der Waals surface area (Å²) in [6, 6.07) is 16.0. The summed E-state index contributed by atoms with van der Waals surface area (Å²) in [6.45, 7) is 0.315. The lowest BCUT2D eigenvalue weighted by atomic mass is 10.2. The van der Waals surface area contributed by atoms with Crippen molar-refractivity contribution in [2.45, 2.75) is 13.1 Å². The van der Waals surface area contributed by atoms with Crippen molar-refractivity contribution in [3.8, 4) is 0 Å². The van der Waals surface area contributed by atoms with Crippen LogP contribution in [-0.4, -0.2) is 46.3 Å². The summed E-state index contributed by atoms with van der Waals surface area (Å²) >= 11 is 11.3. The average Bonchev–Trinajstić information content (AvgIpc) is 3.73. The van der Waals surface area contributed by atoms with Crippen LogP contribution in [0, 0.1) is 23.3 Å². The van der Waals surface area contributed by atoms with Crippen molar-refractivity contribution >= 4 is 46.4 Å². The second kappa shape index (κ2) is 15.3. The third-order valence-corrected chi connectivity index (χ3v) is 6.86. The number of halogens is 6. The maximum absolute atomic E-state index is 13.8. The molecule has 11 nitrogen and oxygen atoms in total. The van der Waals surface area contributed by atoms with Gasteiger partial charge in [-0.25, -0.2) is 36.9 Å². The highest BCUT2D eigenvalue weighted by molar-refractivity contribution is 6.31. The first kappa shape index (κ1) is 33.7. The minimum atomic E-state index is -0.738.